The van der Waals surface area contributed by atoms with Gasteiger partial charge in [-0.05, 0) is 23.3 Å². The van der Waals surface area contributed by atoms with Crippen LogP contribution in [0.1, 0.15) is 17.0 Å². The molecular weight excluding hydrogens is 344 g/mol. The van der Waals surface area contributed by atoms with Crippen molar-refractivity contribution in [3.63, 3.8) is 0 Å². The first-order chi connectivity index (χ1) is 13.1. The highest BCUT2D eigenvalue weighted by Gasteiger charge is 2.41. The van der Waals surface area contributed by atoms with E-state index in [0.717, 1.165) is 16.8 Å². The molecule has 27 heavy (non-hydrogen) atoms. The average molecular weight is 360 g/mol. The van der Waals surface area contributed by atoms with E-state index in [0.29, 0.717) is 11.3 Å². The van der Waals surface area contributed by atoms with E-state index in [4.69, 9.17) is 14.9 Å². The number of nitrogens with one attached hydrogen (secondary N) is 2. The number of fused-ring (bicyclic) bond motifs is 1. The van der Waals surface area contributed by atoms with Gasteiger partial charge in [-0.25, -0.2) is 0 Å². The Bertz CT molecular complexity index is 1050. The Morgan fingerprint density at radius 3 is 2.74 bits per heavy atom. The second kappa shape index (κ2) is 6.50. The topological polar surface area (TPSA) is 115 Å². The molecule has 0 aliphatic carbocycles. The van der Waals surface area contributed by atoms with Crippen molar-refractivity contribution in [3.8, 4) is 34.7 Å². The summed E-state index contributed by atoms with van der Waals surface area (Å²) >= 11 is 0. The highest BCUT2D eigenvalue weighted by Crippen LogP contribution is 2.46. The Morgan fingerprint density at radius 2 is 2.04 bits per heavy atom. The third kappa shape index (κ3) is 2.68. The average Bonchev–Trinajstić information content (AvgIpc) is 3.11. The van der Waals surface area contributed by atoms with Crippen molar-refractivity contribution in [3.05, 3.63) is 59.7 Å². The van der Waals surface area contributed by atoms with Crippen LogP contribution in [0.25, 0.3) is 11.3 Å². The maximum absolute atomic E-state index is 9.92. The van der Waals surface area contributed by atoms with Crippen molar-refractivity contribution < 1.29 is 14.6 Å². The van der Waals surface area contributed by atoms with Gasteiger partial charge in [-0.3, -0.25) is 10.5 Å². The van der Waals surface area contributed by atoms with Crippen molar-refractivity contribution in [1.29, 1.82) is 10.7 Å². The van der Waals surface area contributed by atoms with Gasteiger partial charge in [0, 0.05) is 5.92 Å². The van der Waals surface area contributed by atoms with Crippen LogP contribution in [0, 0.1) is 22.7 Å². The van der Waals surface area contributed by atoms with Gasteiger partial charge in [0.05, 0.1) is 24.4 Å². The van der Waals surface area contributed by atoms with Crippen molar-refractivity contribution in [1.82, 2.24) is 10.2 Å². The predicted octanol–water partition coefficient (Wildman–Crippen LogP) is 3.43. The summed E-state index contributed by atoms with van der Waals surface area (Å²) in [6, 6.07) is 16.7. The fourth-order valence-electron chi connectivity index (χ4n) is 3.39. The summed E-state index contributed by atoms with van der Waals surface area (Å²) in [4.78, 5) is 0. The quantitative estimate of drug-likeness (QED) is 0.662. The maximum Gasteiger partial charge on any atom is 0.244 e. The molecule has 0 saturated heterocycles. The van der Waals surface area contributed by atoms with Gasteiger partial charge in [-0.2, -0.15) is 5.26 Å². The molecule has 3 aromatic rings. The van der Waals surface area contributed by atoms with Crippen LogP contribution in [-0.4, -0.2) is 28.3 Å². The van der Waals surface area contributed by atoms with E-state index in [1.165, 1.54) is 13.2 Å². The van der Waals surface area contributed by atoms with Crippen LogP contribution in [0.15, 0.2) is 48.5 Å². The maximum atomic E-state index is 9.92. The standard InChI is InChI=1S/C20H16N4O3/c1-26-15-9-12(7-8-14(15)25)16-13(10-21)19(22)27-20-17(16)18(23-24-20)11-5-3-2-4-6-11/h2-9,13,16,22,25H,1H3,(H,23,24). The number of H-pyrrole nitrogens is 1. The molecule has 2 aromatic carbocycles. The lowest BCUT2D eigenvalue weighted by Crippen LogP contribution is -2.30. The predicted molar refractivity (Wildman–Crippen MR) is 98.0 cm³/mol. The smallest absolute Gasteiger partial charge is 0.244 e. The number of nitrogens with zero attached hydrogens (tertiary/aromatic N) is 2. The third-order valence-electron chi connectivity index (χ3n) is 4.67. The molecule has 0 bridgehead atoms. The van der Waals surface area contributed by atoms with E-state index < -0.39 is 11.8 Å². The monoisotopic (exact) mass is 360 g/mol. The van der Waals surface area contributed by atoms with Gasteiger partial charge in [-0.1, -0.05) is 36.4 Å². The molecule has 134 valence electrons. The minimum Gasteiger partial charge on any atom is -0.504 e. The number of phenolic OH excluding ortho intramolecular Hbond substituents is 1. The zero-order valence-electron chi connectivity index (χ0n) is 14.4. The molecule has 4 rings (SSSR count). The van der Waals surface area contributed by atoms with Crippen LogP contribution in [0.3, 0.4) is 0 Å². The Hall–Kier alpha value is -3.79. The number of rotatable bonds is 3. The lowest BCUT2D eigenvalue weighted by atomic mass is 9.78. The van der Waals surface area contributed by atoms with Gasteiger partial charge >= 0.3 is 0 Å². The van der Waals surface area contributed by atoms with Crippen molar-refractivity contribution in [2.24, 2.45) is 5.92 Å². The zero-order chi connectivity index (χ0) is 19.0. The molecule has 0 fully saturated rings. The lowest BCUT2D eigenvalue weighted by Gasteiger charge is -2.28. The molecule has 0 amide bonds. The summed E-state index contributed by atoms with van der Waals surface area (Å²) in [6.45, 7) is 0. The van der Waals surface area contributed by atoms with Gasteiger partial charge < -0.3 is 14.6 Å². The van der Waals surface area contributed by atoms with Crippen LogP contribution in [0.5, 0.6) is 17.4 Å². The number of phenols is 1. The number of aromatic nitrogens is 2. The normalized spacial score (nSPS) is 18.3. The molecule has 1 aromatic heterocycles. The molecule has 0 saturated carbocycles. The van der Waals surface area contributed by atoms with Crippen LogP contribution in [0.2, 0.25) is 0 Å². The number of aromatic hydroxyl groups is 1. The molecule has 1 aliphatic heterocycles. The highest BCUT2D eigenvalue weighted by atomic mass is 16.5. The molecule has 1 aliphatic rings. The molecule has 7 heteroatoms. The first-order valence-electron chi connectivity index (χ1n) is 8.30. The minimum absolute atomic E-state index is 0.00703. The molecule has 3 N–H and O–H groups in total. The van der Waals surface area contributed by atoms with Gasteiger partial charge in [0.2, 0.25) is 11.8 Å². The van der Waals surface area contributed by atoms with E-state index in [9.17, 15) is 10.4 Å². The summed E-state index contributed by atoms with van der Waals surface area (Å²) in [6.07, 6.45) is 0. The van der Waals surface area contributed by atoms with E-state index in [-0.39, 0.29) is 17.5 Å². The van der Waals surface area contributed by atoms with E-state index in [2.05, 4.69) is 16.3 Å². The zero-order valence-corrected chi connectivity index (χ0v) is 14.4. The Labute approximate surface area is 155 Å². The van der Waals surface area contributed by atoms with Crippen LogP contribution < -0.4 is 9.47 Å². The van der Waals surface area contributed by atoms with Crippen molar-refractivity contribution >= 4 is 5.90 Å². The van der Waals surface area contributed by atoms with E-state index >= 15 is 0 Å². The number of benzene rings is 2. The second-order valence-corrected chi connectivity index (χ2v) is 6.17. The molecule has 0 radical (unpaired) electrons. The van der Waals surface area contributed by atoms with E-state index in [1.807, 2.05) is 30.3 Å². The van der Waals surface area contributed by atoms with Gasteiger partial charge in [0.1, 0.15) is 5.92 Å². The van der Waals surface area contributed by atoms with Crippen LogP contribution in [0.4, 0.5) is 0 Å². The summed E-state index contributed by atoms with van der Waals surface area (Å²) in [5.74, 6) is -0.891. The van der Waals surface area contributed by atoms with Gasteiger partial charge in [-0.15, -0.1) is 5.10 Å². The summed E-state index contributed by atoms with van der Waals surface area (Å²) < 4.78 is 10.7. The Balaban J connectivity index is 1.94. The third-order valence-corrected chi connectivity index (χ3v) is 4.67. The fraction of sp³-hybridized carbons (Fsp3) is 0.150. The molecule has 2 atom stereocenters. The molecule has 0 spiro atoms. The number of hydrogen-bond donors (Lipinski definition) is 3. The molecular formula is C20H16N4O3. The number of nitriles is 1. The van der Waals surface area contributed by atoms with Crippen molar-refractivity contribution in [2.45, 2.75) is 5.92 Å². The fourth-order valence-corrected chi connectivity index (χ4v) is 3.39. The minimum atomic E-state index is -0.827. The number of aromatic amines is 1. The van der Waals surface area contributed by atoms with Crippen molar-refractivity contribution in [2.75, 3.05) is 7.11 Å². The summed E-state index contributed by atoms with van der Waals surface area (Å²) in [7, 11) is 1.46. The molecule has 2 heterocycles. The van der Waals surface area contributed by atoms with Crippen LogP contribution >= 0.6 is 0 Å². The number of ether oxygens (including phenoxy) is 2. The van der Waals surface area contributed by atoms with Gasteiger partial charge in [0.25, 0.3) is 0 Å². The number of methoxy groups -OCH3 is 1. The highest BCUT2D eigenvalue weighted by molar-refractivity contribution is 5.86. The summed E-state index contributed by atoms with van der Waals surface area (Å²) in [5, 5.41) is 35.0. The lowest BCUT2D eigenvalue weighted by molar-refractivity contribution is 0.372. The Morgan fingerprint density at radius 1 is 1.26 bits per heavy atom. The number of hydrogen-bond acceptors (Lipinski definition) is 6. The van der Waals surface area contributed by atoms with Gasteiger partial charge in [0.15, 0.2) is 11.5 Å². The molecule has 7 nitrogen and oxygen atoms in total. The first kappa shape index (κ1) is 16.7. The van der Waals surface area contributed by atoms with E-state index in [1.54, 1.807) is 12.1 Å². The molecule has 2 unspecified atom stereocenters. The largest absolute Gasteiger partial charge is 0.504 e. The SMILES string of the molecule is COc1cc(C2c3c(n[nH]c3-c3ccccc3)OC(=N)C2C#N)ccc1O. The summed E-state index contributed by atoms with van der Waals surface area (Å²) in [5.41, 5.74) is 3.06. The Kier molecular flexibility index (Phi) is 4.01. The van der Waals surface area contributed by atoms with Crippen LogP contribution in [-0.2, 0) is 0 Å². The second-order valence-electron chi connectivity index (χ2n) is 6.17. The first-order valence-corrected chi connectivity index (χ1v) is 8.30.